The molecule has 1 heterocycles. The van der Waals surface area contributed by atoms with E-state index in [4.69, 9.17) is 11.6 Å². The van der Waals surface area contributed by atoms with Crippen LogP contribution in [0.25, 0.3) is 22.3 Å². The topological polar surface area (TPSA) is 58.1 Å². The van der Waals surface area contributed by atoms with E-state index >= 15 is 0 Å². The van der Waals surface area contributed by atoms with Crippen LogP contribution in [0.15, 0.2) is 36.4 Å². The van der Waals surface area contributed by atoms with Crippen molar-refractivity contribution in [1.29, 1.82) is 0 Å². The lowest BCUT2D eigenvalue weighted by atomic mass is 10.1. The summed E-state index contributed by atoms with van der Waals surface area (Å²) in [4.78, 5) is 21.9. The Morgan fingerprint density at radius 2 is 1.92 bits per heavy atom. The first kappa shape index (κ1) is 17.1. The summed E-state index contributed by atoms with van der Waals surface area (Å²) in [5.41, 5.74) is 1.31. The molecule has 25 heavy (non-hydrogen) atoms. The summed E-state index contributed by atoms with van der Waals surface area (Å²) in [5.74, 6) is 0.142. The first-order valence-corrected chi connectivity index (χ1v) is 7.95. The Morgan fingerprint density at radius 1 is 1.16 bits per heavy atom. The second-order valence-electron chi connectivity index (χ2n) is 5.80. The fraction of sp³-hybridized carbons (Fsp3) is 0.167. The fourth-order valence-corrected chi connectivity index (χ4v) is 2.70. The zero-order valence-electron chi connectivity index (χ0n) is 14.0. The number of amides is 1. The monoisotopic (exact) mass is 358 g/mol. The summed E-state index contributed by atoms with van der Waals surface area (Å²) in [5, 5.41) is 3.92. The quantitative estimate of drug-likeness (QED) is 0.765. The number of nitrogens with one attached hydrogen (secondary N) is 1. The molecule has 0 fully saturated rings. The van der Waals surface area contributed by atoms with E-state index in [9.17, 15) is 9.18 Å². The van der Waals surface area contributed by atoms with Crippen LogP contribution in [0, 0.1) is 5.82 Å². The average Bonchev–Trinajstić information content (AvgIpc) is 2.53. The number of carbonyl (C=O) groups is 1. The van der Waals surface area contributed by atoms with Gasteiger partial charge in [-0.2, -0.15) is 0 Å². The summed E-state index contributed by atoms with van der Waals surface area (Å²) < 4.78 is 14.5. The lowest BCUT2D eigenvalue weighted by molar-refractivity contribution is -0.114. The van der Waals surface area contributed by atoms with Crippen molar-refractivity contribution in [2.75, 3.05) is 24.3 Å². The molecule has 0 unspecified atom stereocenters. The molecular weight excluding hydrogens is 343 g/mol. The summed E-state index contributed by atoms with van der Waals surface area (Å²) in [7, 11) is 3.70. The van der Waals surface area contributed by atoms with Gasteiger partial charge in [-0.25, -0.2) is 14.4 Å². The number of fused-ring (bicyclic) bond motifs is 1. The number of halogens is 2. The maximum Gasteiger partial charge on any atom is 0.221 e. The molecule has 7 heteroatoms. The molecule has 1 aromatic heterocycles. The molecule has 0 saturated carbocycles. The van der Waals surface area contributed by atoms with E-state index in [0.29, 0.717) is 22.0 Å². The highest BCUT2D eigenvalue weighted by atomic mass is 35.5. The zero-order valence-corrected chi connectivity index (χ0v) is 14.7. The van der Waals surface area contributed by atoms with E-state index in [1.807, 2.05) is 19.0 Å². The SMILES string of the molecule is CC(=O)Nc1ccc(-c2nc(N(C)C)c3cc(Cl)ccc3n2)c(F)c1. The van der Waals surface area contributed by atoms with Gasteiger partial charge in [0.05, 0.1) is 11.1 Å². The molecule has 0 atom stereocenters. The van der Waals surface area contributed by atoms with Crippen LogP contribution in [0.2, 0.25) is 5.02 Å². The van der Waals surface area contributed by atoms with Gasteiger partial charge in [-0.3, -0.25) is 4.79 Å². The fourth-order valence-electron chi connectivity index (χ4n) is 2.52. The smallest absolute Gasteiger partial charge is 0.221 e. The molecule has 0 aliphatic carbocycles. The van der Waals surface area contributed by atoms with Gasteiger partial charge in [0.25, 0.3) is 0 Å². The number of benzene rings is 2. The predicted molar refractivity (Wildman–Crippen MR) is 98.6 cm³/mol. The van der Waals surface area contributed by atoms with Crippen molar-refractivity contribution in [2.24, 2.45) is 0 Å². The number of nitrogens with zero attached hydrogens (tertiary/aromatic N) is 3. The van der Waals surface area contributed by atoms with Gasteiger partial charge in [-0.1, -0.05) is 11.6 Å². The second-order valence-corrected chi connectivity index (χ2v) is 6.24. The molecule has 0 radical (unpaired) electrons. The molecule has 2 aromatic carbocycles. The third-order valence-electron chi connectivity index (χ3n) is 3.59. The maximum absolute atomic E-state index is 14.5. The van der Waals surface area contributed by atoms with Crippen LogP contribution in [0.1, 0.15) is 6.92 Å². The van der Waals surface area contributed by atoms with E-state index in [1.54, 1.807) is 30.3 Å². The molecule has 128 valence electrons. The average molecular weight is 359 g/mol. The third-order valence-corrected chi connectivity index (χ3v) is 3.83. The van der Waals surface area contributed by atoms with Gasteiger partial charge in [-0.05, 0) is 36.4 Å². The molecule has 0 bridgehead atoms. The Morgan fingerprint density at radius 3 is 2.56 bits per heavy atom. The minimum atomic E-state index is -0.510. The largest absolute Gasteiger partial charge is 0.362 e. The normalized spacial score (nSPS) is 10.8. The first-order chi connectivity index (χ1) is 11.8. The van der Waals surface area contributed by atoms with Crippen LogP contribution in [0.4, 0.5) is 15.9 Å². The summed E-state index contributed by atoms with van der Waals surface area (Å²) in [6.07, 6.45) is 0. The molecule has 3 aromatic rings. The highest BCUT2D eigenvalue weighted by Gasteiger charge is 2.15. The summed E-state index contributed by atoms with van der Waals surface area (Å²) >= 11 is 6.07. The Hall–Kier alpha value is -2.73. The summed E-state index contributed by atoms with van der Waals surface area (Å²) in [6.45, 7) is 1.37. The third kappa shape index (κ3) is 3.53. The molecule has 0 aliphatic heterocycles. The van der Waals surface area contributed by atoms with Crippen molar-refractivity contribution in [3.05, 3.63) is 47.2 Å². The van der Waals surface area contributed by atoms with Crippen molar-refractivity contribution >= 4 is 39.9 Å². The Bertz CT molecular complexity index is 975. The lowest BCUT2D eigenvalue weighted by Gasteiger charge is -2.16. The van der Waals surface area contributed by atoms with Gasteiger partial charge in [-0.15, -0.1) is 0 Å². The minimum absolute atomic E-state index is 0.258. The van der Waals surface area contributed by atoms with Gasteiger partial charge in [0, 0.05) is 37.1 Å². The lowest BCUT2D eigenvalue weighted by Crippen LogP contribution is -2.12. The molecule has 0 aliphatic rings. The number of rotatable bonds is 3. The number of aromatic nitrogens is 2. The molecule has 5 nitrogen and oxygen atoms in total. The molecular formula is C18H16ClFN4O. The van der Waals surface area contributed by atoms with Gasteiger partial charge in [0.1, 0.15) is 11.6 Å². The number of hydrogen-bond donors (Lipinski definition) is 1. The predicted octanol–water partition coefficient (Wildman–Crippen LogP) is 4.11. The van der Waals surface area contributed by atoms with Crippen molar-refractivity contribution in [2.45, 2.75) is 6.92 Å². The minimum Gasteiger partial charge on any atom is -0.362 e. The standard InChI is InChI=1S/C18H16ClFN4O/c1-10(25)21-12-5-6-13(15(20)9-12)17-22-16-7-4-11(19)8-14(16)18(23-17)24(2)3/h4-9H,1-3H3,(H,21,25). The van der Waals surface area contributed by atoms with Gasteiger partial charge >= 0.3 is 0 Å². The van der Waals surface area contributed by atoms with Crippen molar-refractivity contribution < 1.29 is 9.18 Å². The van der Waals surface area contributed by atoms with Crippen molar-refractivity contribution in [1.82, 2.24) is 9.97 Å². The molecule has 1 amide bonds. The van der Waals surface area contributed by atoms with Crippen LogP contribution in [0.5, 0.6) is 0 Å². The van der Waals surface area contributed by atoms with Gasteiger partial charge in [0.2, 0.25) is 5.91 Å². The number of anilines is 2. The van der Waals surface area contributed by atoms with E-state index < -0.39 is 5.82 Å². The zero-order chi connectivity index (χ0) is 18.1. The van der Waals surface area contributed by atoms with E-state index in [2.05, 4.69) is 15.3 Å². The van der Waals surface area contributed by atoms with Crippen LogP contribution in [-0.4, -0.2) is 30.0 Å². The second kappa shape index (κ2) is 6.64. The van der Waals surface area contributed by atoms with Crippen LogP contribution in [0.3, 0.4) is 0 Å². The van der Waals surface area contributed by atoms with Crippen LogP contribution >= 0.6 is 11.6 Å². The van der Waals surface area contributed by atoms with Crippen LogP contribution in [-0.2, 0) is 4.79 Å². The molecule has 0 saturated heterocycles. The molecule has 1 N–H and O–H groups in total. The Balaban J connectivity index is 2.16. The Kier molecular flexibility index (Phi) is 4.55. The molecule has 3 rings (SSSR count). The summed E-state index contributed by atoms with van der Waals surface area (Å²) in [6, 6.07) is 9.71. The van der Waals surface area contributed by atoms with E-state index in [1.165, 1.54) is 13.0 Å². The van der Waals surface area contributed by atoms with Gasteiger partial charge in [0.15, 0.2) is 5.82 Å². The number of hydrogen-bond acceptors (Lipinski definition) is 4. The highest BCUT2D eigenvalue weighted by molar-refractivity contribution is 6.31. The Labute approximate surface area is 149 Å². The van der Waals surface area contributed by atoms with Crippen molar-refractivity contribution in [3.8, 4) is 11.4 Å². The van der Waals surface area contributed by atoms with Gasteiger partial charge < -0.3 is 10.2 Å². The van der Waals surface area contributed by atoms with Crippen LogP contribution < -0.4 is 10.2 Å². The first-order valence-electron chi connectivity index (χ1n) is 7.57. The highest BCUT2D eigenvalue weighted by Crippen LogP contribution is 2.30. The van der Waals surface area contributed by atoms with E-state index in [-0.39, 0.29) is 17.3 Å². The van der Waals surface area contributed by atoms with E-state index in [0.717, 1.165) is 5.39 Å². The van der Waals surface area contributed by atoms with Crippen molar-refractivity contribution in [3.63, 3.8) is 0 Å². The maximum atomic E-state index is 14.5. The number of carbonyl (C=O) groups excluding carboxylic acids is 1. The molecule has 0 spiro atoms.